The first-order chi connectivity index (χ1) is 5.57. The van der Waals surface area contributed by atoms with Gasteiger partial charge >= 0.3 is 5.97 Å². The summed E-state index contributed by atoms with van der Waals surface area (Å²) in [6.45, 7) is 1.31. The largest absolute Gasteiger partial charge is 0.480 e. The van der Waals surface area contributed by atoms with E-state index in [1.54, 1.807) is 11.8 Å². The van der Waals surface area contributed by atoms with E-state index in [9.17, 15) is 9.59 Å². The Morgan fingerprint density at radius 1 is 1.54 bits per heavy atom. The van der Waals surface area contributed by atoms with E-state index in [0.717, 1.165) is 5.75 Å². The number of carbonyl (C=O) groups excluding carboxylic acids is 1. The first-order valence-corrected chi connectivity index (χ1v) is 4.96. The molecular formula is C7H13NO3SZn. The summed E-state index contributed by atoms with van der Waals surface area (Å²) in [7, 11) is 0. The average Bonchev–Trinajstić information content (AvgIpc) is 1.96. The molecule has 6 heteroatoms. The Morgan fingerprint density at radius 2 is 2.08 bits per heavy atom. The third-order valence-corrected chi connectivity index (χ3v) is 1.93. The van der Waals surface area contributed by atoms with Crippen molar-refractivity contribution >= 4 is 23.6 Å². The molecule has 0 saturated heterocycles. The van der Waals surface area contributed by atoms with Crippen molar-refractivity contribution in [3.63, 3.8) is 0 Å². The van der Waals surface area contributed by atoms with Gasteiger partial charge in [-0.15, -0.1) is 0 Å². The Balaban J connectivity index is 0. The summed E-state index contributed by atoms with van der Waals surface area (Å²) in [6.07, 6.45) is 2.36. The van der Waals surface area contributed by atoms with Gasteiger partial charge in [-0.1, -0.05) is 0 Å². The fraction of sp³-hybridized carbons (Fsp3) is 0.714. The van der Waals surface area contributed by atoms with Crippen molar-refractivity contribution in [3.8, 4) is 0 Å². The van der Waals surface area contributed by atoms with Crippen molar-refractivity contribution in [3.05, 3.63) is 0 Å². The summed E-state index contributed by atoms with van der Waals surface area (Å²) in [5.41, 5.74) is 0. The van der Waals surface area contributed by atoms with Gasteiger partial charge in [0, 0.05) is 26.4 Å². The number of rotatable bonds is 5. The van der Waals surface area contributed by atoms with Crippen LogP contribution < -0.4 is 5.32 Å². The molecule has 13 heavy (non-hydrogen) atoms. The van der Waals surface area contributed by atoms with Crippen LogP contribution >= 0.6 is 11.8 Å². The van der Waals surface area contributed by atoms with Gasteiger partial charge < -0.3 is 10.4 Å². The third kappa shape index (κ3) is 8.25. The molecule has 0 aliphatic carbocycles. The molecule has 0 fully saturated rings. The maximum atomic E-state index is 10.5. The number of thioether (sulfide) groups is 1. The molecule has 0 bridgehead atoms. The number of hydrogen-bond acceptors (Lipinski definition) is 3. The van der Waals surface area contributed by atoms with Crippen molar-refractivity contribution in [1.29, 1.82) is 0 Å². The van der Waals surface area contributed by atoms with Gasteiger partial charge in [0.2, 0.25) is 5.91 Å². The summed E-state index contributed by atoms with van der Waals surface area (Å²) < 4.78 is 0. The molecule has 0 rings (SSSR count). The molecule has 0 radical (unpaired) electrons. The molecular weight excluding hydrogens is 244 g/mol. The quantitative estimate of drug-likeness (QED) is 0.696. The fourth-order valence-corrected chi connectivity index (χ4v) is 1.21. The predicted molar refractivity (Wildman–Crippen MR) is 48.2 cm³/mol. The van der Waals surface area contributed by atoms with Gasteiger partial charge in [-0.25, -0.2) is 4.79 Å². The number of carbonyl (C=O) groups is 2. The zero-order valence-electron chi connectivity index (χ0n) is 7.87. The van der Waals surface area contributed by atoms with E-state index in [0.29, 0.717) is 6.42 Å². The minimum atomic E-state index is -0.973. The Hall–Kier alpha value is -0.0866. The molecule has 2 N–H and O–H groups in total. The van der Waals surface area contributed by atoms with E-state index >= 15 is 0 Å². The average molecular weight is 257 g/mol. The minimum absolute atomic E-state index is 0. The molecule has 0 aromatic heterocycles. The predicted octanol–water partition coefficient (Wildman–Crippen LogP) is 0.326. The van der Waals surface area contributed by atoms with Crippen molar-refractivity contribution in [1.82, 2.24) is 5.32 Å². The topological polar surface area (TPSA) is 66.4 Å². The van der Waals surface area contributed by atoms with Crippen LogP contribution in [0.2, 0.25) is 0 Å². The van der Waals surface area contributed by atoms with Gasteiger partial charge in [-0.05, 0) is 18.4 Å². The molecule has 0 spiro atoms. The smallest absolute Gasteiger partial charge is 0.326 e. The van der Waals surface area contributed by atoms with Gasteiger partial charge in [-0.2, -0.15) is 11.8 Å². The first kappa shape index (κ1) is 15.4. The number of nitrogens with one attached hydrogen (secondary N) is 1. The van der Waals surface area contributed by atoms with Crippen molar-refractivity contribution in [2.75, 3.05) is 12.0 Å². The zero-order valence-corrected chi connectivity index (χ0v) is 11.7. The van der Waals surface area contributed by atoms with E-state index in [2.05, 4.69) is 5.32 Å². The van der Waals surface area contributed by atoms with Crippen LogP contribution in [-0.4, -0.2) is 35.0 Å². The van der Waals surface area contributed by atoms with Crippen molar-refractivity contribution in [2.24, 2.45) is 0 Å². The van der Waals surface area contributed by atoms with Crippen LogP contribution in [0.4, 0.5) is 0 Å². The summed E-state index contributed by atoms with van der Waals surface area (Å²) in [6, 6.07) is -0.741. The third-order valence-electron chi connectivity index (χ3n) is 1.29. The van der Waals surface area contributed by atoms with Crippen LogP contribution in [0.1, 0.15) is 13.3 Å². The summed E-state index contributed by atoms with van der Waals surface area (Å²) in [4.78, 5) is 21.1. The minimum Gasteiger partial charge on any atom is -0.480 e. The van der Waals surface area contributed by atoms with E-state index in [-0.39, 0.29) is 25.4 Å². The molecule has 0 heterocycles. The Bertz CT molecular complexity index is 177. The molecule has 1 amide bonds. The van der Waals surface area contributed by atoms with E-state index in [4.69, 9.17) is 5.11 Å². The first-order valence-electron chi connectivity index (χ1n) is 3.56. The maximum Gasteiger partial charge on any atom is 0.326 e. The normalized spacial score (nSPS) is 11.2. The molecule has 0 unspecified atom stereocenters. The Kier molecular flexibility index (Phi) is 10.1. The molecule has 0 aromatic carbocycles. The maximum absolute atomic E-state index is 10.5. The van der Waals surface area contributed by atoms with Crippen LogP contribution in [0.3, 0.4) is 0 Å². The summed E-state index contributed by atoms with van der Waals surface area (Å²) >= 11 is 1.56. The molecule has 4 nitrogen and oxygen atoms in total. The zero-order chi connectivity index (χ0) is 9.56. The number of amides is 1. The molecule has 0 aromatic rings. The molecule has 0 aliphatic rings. The fourth-order valence-electron chi connectivity index (χ4n) is 0.738. The Morgan fingerprint density at radius 3 is 2.38 bits per heavy atom. The Labute approximate surface area is 94.6 Å². The molecule has 72 valence electrons. The number of hydrogen-bond donors (Lipinski definition) is 2. The monoisotopic (exact) mass is 255 g/mol. The SMILES string of the molecule is CSCC[C@H](NC(C)=O)C(=O)O.[Zn]. The van der Waals surface area contributed by atoms with Crippen molar-refractivity contribution < 1.29 is 34.2 Å². The van der Waals surface area contributed by atoms with Gasteiger partial charge in [0.15, 0.2) is 0 Å². The molecule has 1 atom stereocenters. The molecule has 0 saturated carbocycles. The van der Waals surface area contributed by atoms with Gasteiger partial charge in [-0.3, -0.25) is 4.79 Å². The second kappa shape index (κ2) is 8.51. The van der Waals surface area contributed by atoms with E-state index in [1.807, 2.05) is 6.26 Å². The van der Waals surface area contributed by atoms with Gasteiger partial charge in [0.1, 0.15) is 6.04 Å². The van der Waals surface area contributed by atoms with E-state index < -0.39 is 12.0 Å². The second-order valence-corrected chi connectivity index (χ2v) is 3.36. The van der Waals surface area contributed by atoms with Crippen LogP contribution in [0.5, 0.6) is 0 Å². The van der Waals surface area contributed by atoms with Crippen molar-refractivity contribution in [2.45, 2.75) is 19.4 Å². The van der Waals surface area contributed by atoms with Crippen LogP contribution in [0, 0.1) is 0 Å². The molecule has 0 aliphatic heterocycles. The van der Waals surface area contributed by atoms with Crippen LogP contribution in [-0.2, 0) is 29.1 Å². The second-order valence-electron chi connectivity index (χ2n) is 2.37. The summed E-state index contributed by atoms with van der Waals surface area (Å²) in [5.74, 6) is -0.542. The number of carboxylic acid groups (broad SMARTS) is 1. The standard InChI is InChI=1S/C7H13NO3S.Zn/c1-5(9)8-6(7(10)11)3-4-12-2;/h6H,3-4H2,1-2H3,(H,8,9)(H,10,11);/t6-;/m0./s1. The summed E-state index contributed by atoms with van der Waals surface area (Å²) in [5, 5.41) is 11.0. The van der Waals surface area contributed by atoms with Gasteiger partial charge in [0.05, 0.1) is 0 Å². The van der Waals surface area contributed by atoms with Crippen LogP contribution in [0.15, 0.2) is 0 Å². The van der Waals surface area contributed by atoms with Gasteiger partial charge in [0.25, 0.3) is 0 Å². The number of carboxylic acids is 1. The van der Waals surface area contributed by atoms with Crippen LogP contribution in [0.25, 0.3) is 0 Å². The van der Waals surface area contributed by atoms with E-state index in [1.165, 1.54) is 6.92 Å². The number of aliphatic carboxylic acids is 1.